The topological polar surface area (TPSA) is 101 Å². The molecule has 0 bridgehead atoms. The summed E-state index contributed by atoms with van der Waals surface area (Å²) < 4.78 is 1.46. The molecule has 0 atom stereocenters. The number of nitrogen functional groups attached to an aromatic ring is 1. The molecule has 3 N–H and O–H groups in total. The van der Waals surface area contributed by atoms with Crippen LogP contribution in [0.3, 0.4) is 0 Å². The molecule has 0 unspecified atom stereocenters. The number of carboxylic acids is 1. The molecule has 2 aromatic rings. The second-order valence-corrected chi connectivity index (χ2v) is 4.74. The van der Waals surface area contributed by atoms with Crippen LogP contribution >= 0.6 is 0 Å². The van der Waals surface area contributed by atoms with Gasteiger partial charge in [-0.05, 0) is 31.2 Å². The monoisotopic (exact) mass is 288 g/mol. The van der Waals surface area contributed by atoms with E-state index >= 15 is 0 Å². The highest BCUT2D eigenvalue weighted by atomic mass is 16.4. The first-order valence-electron chi connectivity index (χ1n) is 6.22. The summed E-state index contributed by atoms with van der Waals surface area (Å²) in [6, 6.07) is 6.05. The van der Waals surface area contributed by atoms with Crippen molar-refractivity contribution in [2.45, 2.75) is 6.92 Å². The Morgan fingerprint density at radius 1 is 1.33 bits per heavy atom. The molecule has 110 valence electrons. The highest BCUT2D eigenvalue weighted by molar-refractivity contribution is 6.08. The van der Waals surface area contributed by atoms with Gasteiger partial charge in [0.05, 0.1) is 16.9 Å². The molecule has 7 heteroatoms. The molecule has 1 heterocycles. The summed E-state index contributed by atoms with van der Waals surface area (Å²) in [6.45, 7) is 1.78. The average molecular weight is 288 g/mol. The highest BCUT2D eigenvalue weighted by Gasteiger charge is 2.22. The smallest absolute Gasteiger partial charge is 0.337 e. The summed E-state index contributed by atoms with van der Waals surface area (Å²) in [4.78, 5) is 25.1. The highest BCUT2D eigenvalue weighted by Crippen LogP contribution is 2.24. The molecule has 0 radical (unpaired) electrons. The van der Waals surface area contributed by atoms with E-state index in [0.29, 0.717) is 17.1 Å². The van der Waals surface area contributed by atoms with E-state index in [1.807, 2.05) is 0 Å². The summed E-state index contributed by atoms with van der Waals surface area (Å²) in [6.07, 6.45) is 0. The van der Waals surface area contributed by atoms with Crippen molar-refractivity contribution in [3.8, 4) is 0 Å². The van der Waals surface area contributed by atoms with E-state index in [-0.39, 0.29) is 17.2 Å². The number of hydrogen-bond acceptors (Lipinski definition) is 4. The van der Waals surface area contributed by atoms with Gasteiger partial charge < -0.3 is 15.7 Å². The fourth-order valence-electron chi connectivity index (χ4n) is 2.11. The molecule has 1 aromatic carbocycles. The van der Waals surface area contributed by atoms with Gasteiger partial charge in [0.2, 0.25) is 0 Å². The first kappa shape index (κ1) is 14.6. The van der Waals surface area contributed by atoms with Gasteiger partial charge in [-0.2, -0.15) is 5.10 Å². The van der Waals surface area contributed by atoms with Crippen molar-refractivity contribution < 1.29 is 14.7 Å². The number of carboxylic acid groups (broad SMARTS) is 1. The van der Waals surface area contributed by atoms with Crippen molar-refractivity contribution in [2.24, 2.45) is 7.05 Å². The predicted octanol–water partition coefficient (Wildman–Crippen LogP) is 1.29. The first-order valence-corrected chi connectivity index (χ1v) is 6.22. The van der Waals surface area contributed by atoms with Crippen LogP contribution in [0.25, 0.3) is 0 Å². The second-order valence-electron chi connectivity index (χ2n) is 4.74. The van der Waals surface area contributed by atoms with Gasteiger partial charge in [-0.3, -0.25) is 9.48 Å². The molecule has 0 spiro atoms. The fraction of sp³-hybridized carbons (Fsp3) is 0.214. The van der Waals surface area contributed by atoms with E-state index in [2.05, 4.69) is 5.10 Å². The molecule has 0 aliphatic rings. The minimum Gasteiger partial charge on any atom is -0.478 e. The molecule has 0 aliphatic carbocycles. The van der Waals surface area contributed by atoms with Crippen LogP contribution in [0.5, 0.6) is 0 Å². The Morgan fingerprint density at radius 2 is 2.00 bits per heavy atom. The van der Waals surface area contributed by atoms with Crippen LogP contribution in [-0.4, -0.2) is 33.8 Å². The molecule has 0 aliphatic heterocycles. The SMILES string of the molecule is Cc1cc(C(=O)N(C)c2ccc(N)cc2C(=O)O)n(C)n1. The second kappa shape index (κ2) is 5.28. The number of nitrogens with zero attached hydrogens (tertiary/aromatic N) is 3. The Morgan fingerprint density at radius 3 is 2.52 bits per heavy atom. The molecular formula is C14H16N4O3. The van der Waals surface area contributed by atoms with Crippen LogP contribution < -0.4 is 10.6 Å². The van der Waals surface area contributed by atoms with Crippen LogP contribution in [0.4, 0.5) is 11.4 Å². The Kier molecular flexibility index (Phi) is 3.66. The first-order chi connectivity index (χ1) is 9.81. The van der Waals surface area contributed by atoms with Gasteiger partial charge in [0, 0.05) is 19.8 Å². The fourth-order valence-corrected chi connectivity index (χ4v) is 2.11. The number of hydrogen-bond donors (Lipinski definition) is 2. The number of rotatable bonds is 3. The molecular weight excluding hydrogens is 272 g/mol. The van der Waals surface area contributed by atoms with E-state index in [0.717, 1.165) is 0 Å². The van der Waals surface area contributed by atoms with Crippen LogP contribution in [0, 0.1) is 6.92 Å². The zero-order valence-electron chi connectivity index (χ0n) is 12.0. The molecule has 0 saturated carbocycles. The Hall–Kier alpha value is -2.83. The van der Waals surface area contributed by atoms with Crippen molar-refractivity contribution >= 4 is 23.3 Å². The summed E-state index contributed by atoms with van der Waals surface area (Å²) in [7, 11) is 3.18. The van der Waals surface area contributed by atoms with Gasteiger partial charge in [-0.15, -0.1) is 0 Å². The van der Waals surface area contributed by atoms with E-state index in [1.165, 1.54) is 28.8 Å². The van der Waals surface area contributed by atoms with Crippen molar-refractivity contribution in [1.82, 2.24) is 9.78 Å². The van der Waals surface area contributed by atoms with Crippen molar-refractivity contribution in [2.75, 3.05) is 17.7 Å². The summed E-state index contributed by atoms with van der Waals surface area (Å²) in [5.74, 6) is -1.48. The standard InChI is InChI=1S/C14H16N4O3/c1-8-6-12(18(3)16-8)13(19)17(2)11-5-4-9(15)7-10(11)14(20)21/h4-7H,15H2,1-3H3,(H,20,21). The lowest BCUT2D eigenvalue weighted by atomic mass is 10.1. The minimum absolute atomic E-state index is 0.0234. The molecule has 1 amide bonds. The summed E-state index contributed by atoms with van der Waals surface area (Å²) in [5.41, 5.74) is 7.27. The Balaban J connectivity index is 2.45. The number of benzene rings is 1. The third kappa shape index (κ3) is 2.71. The van der Waals surface area contributed by atoms with Gasteiger partial charge in [0.25, 0.3) is 5.91 Å². The number of amides is 1. The van der Waals surface area contributed by atoms with Gasteiger partial charge in [0.1, 0.15) is 5.69 Å². The Bertz CT molecular complexity index is 721. The van der Waals surface area contributed by atoms with Crippen molar-refractivity contribution in [3.63, 3.8) is 0 Å². The molecule has 0 fully saturated rings. The van der Waals surface area contributed by atoms with Crippen LogP contribution in [0.15, 0.2) is 24.3 Å². The third-order valence-electron chi connectivity index (χ3n) is 3.14. The van der Waals surface area contributed by atoms with Gasteiger partial charge >= 0.3 is 5.97 Å². The maximum Gasteiger partial charge on any atom is 0.337 e. The zero-order valence-corrected chi connectivity index (χ0v) is 12.0. The molecule has 2 rings (SSSR count). The number of carbonyl (C=O) groups is 2. The van der Waals surface area contributed by atoms with Gasteiger partial charge in [-0.1, -0.05) is 0 Å². The van der Waals surface area contributed by atoms with Crippen LogP contribution in [0.2, 0.25) is 0 Å². The van der Waals surface area contributed by atoms with E-state index in [9.17, 15) is 14.7 Å². The number of nitrogens with two attached hydrogens (primary N) is 1. The van der Waals surface area contributed by atoms with E-state index < -0.39 is 5.97 Å². The third-order valence-corrected chi connectivity index (χ3v) is 3.14. The molecule has 21 heavy (non-hydrogen) atoms. The largest absolute Gasteiger partial charge is 0.478 e. The number of aryl methyl sites for hydroxylation is 2. The molecule has 0 saturated heterocycles. The average Bonchev–Trinajstić information content (AvgIpc) is 2.76. The van der Waals surface area contributed by atoms with Crippen LogP contribution in [0.1, 0.15) is 26.5 Å². The lowest BCUT2D eigenvalue weighted by Gasteiger charge is -2.19. The van der Waals surface area contributed by atoms with Gasteiger partial charge in [-0.25, -0.2) is 4.79 Å². The summed E-state index contributed by atoms with van der Waals surface area (Å²) >= 11 is 0. The quantitative estimate of drug-likeness (QED) is 0.828. The van der Waals surface area contributed by atoms with Crippen molar-refractivity contribution in [3.05, 3.63) is 41.2 Å². The van der Waals surface area contributed by atoms with Crippen LogP contribution in [-0.2, 0) is 7.05 Å². The zero-order chi connectivity index (χ0) is 15.7. The predicted molar refractivity (Wildman–Crippen MR) is 78.5 cm³/mol. The maximum absolute atomic E-state index is 12.5. The number of aromatic nitrogens is 2. The van der Waals surface area contributed by atoms with E-state index in [1.54, 1.807) is 26.1 Å². The minimum atomic E-state index is -1.14. The molecule has 7 nitrogen and oxygen atoms in total. The number of aromatic carboxylic acids is 1. The summed E-state index contributed by atoms with van der Waals surface area (Å²) in [5, 5.41) is 13.4. The number of anilines is 2. The Labute approximate surface area is 121 Å². The molecule has 1 aromatic heterocycles. The van der Waals surface area contributed by atoms with E-state index in [4.69, 9.17) is 5.73 Å². The number of carbonyl (C=O) groups excluding carboxylic acids is 1. The lowest BCUT2D eigenvalue weighted by Crippen LogP contribution is -2.29. The van der Waals surface area contributed by atoms with Crippen molar-refractivity contribution in [1.29, 1.82) is 0 Å². The normalized spacial score (nSPS) is 10.4. The lowest BCUT2D eigenvalue weighted by molar-refractivity contribution is 0.0698. The van der Waals surface area contributed by atoms with Gasteiger partial charge in [0.15, 0.2) is 0 Å². The maximum atomic E-state index is 12.5.